The van der Waals surface area contributed by atoms with Gasteiger partial charge in [0.1, 0.15) is 18.1 Å². The van der Waals surface area contributed by atoms with Gasteiger partial charge in [0.05, 0.1) is 19.6 Å². The molecule has 6 nitrogen and oxygen atoms in total. The number of carbonyl (C=O) groups is 1. The van der Waals surface area contributed by atoms with Crippen LogP contribution >= 0.6 is 0 Å². The fraction of sp³-hybridized carbons (Fsp3) is 0.571. The normalized spacial score (nSPS) is 24.9. The Balaban J connectivity index is 1.47. The van der Waals surface area contributed by atoms with E-state index < -0.39 is 0 Å². The molecule has 4 aliphatic heterocycles. The van der Waals surface area contributed by atoms with E-state index in [9.17, 15) is 4.79 Å². The lowest BCUT2D eigenvalue weighted by atomic mass is 9.94. The van der Waals surface area contributed by atoms with Gasteiger partial charge in [-0.15, -0.1) is 0 Å². The standard InChI is InChI=1S/C21H28N2O4/c1-25-8-7-23-18-4-3-16(21(23)24)12-22(13-18)11-15-9-17-10-19(26-2)5-6-20(17)27-14-15/h5-6,9-10,16,18H,3-4,7-8,11-14H2,1-2H3/t16-,18+/m1/s1. The summed E-state index contributed by atoms with van der Waals surface area (Å²) in [5.41, 5.74) is 2.30. The van der Waals surface area contributed by atoms with E-state index in [0.717, 1.165) is 49.5 Å². The summed E-state index contributed by atoms with van der Waals surface area (Å²) in [5, 5.41) is 0. The second-order valence-electron chi connectivity index (χ2n) is 7.64. The molecule has 2 atom stereocenters. The van der Waals surface area contributed by atoms with E-state index in [1.165, 1.54) is 5.57 Å². The molecule has 2 bridgehead atoms. The zero-order chi connectivity index (χ0) is 18.8. The van der Waals surface area contributed by atoms with Crippen LogP contribution in [0.5, 0.6) is 11.5 Å². The van der Waals surface area contributed by atoms with Crippen LogP contribution in [-0.4, -0.2) is 75.4 Å². The van der Waals surface area contributed by atoms with Crippen LogP contribution in [0.15, 0.2) is 23.8 Å². The molecule has 0 radical (unpaired) electrons. The highest BCUT2D eigenvalue weighted by Gasteiger charge is 2.40. The zero-order valence-electron chi connectivity index (χ0n) is 16.1. The van der Waals surface area contributed by atoms with Crippen molar-refractivity contribution in [2.24, 2.45) is 5.92 Å². The molecule has 0 spiro atoms. The summed E-state index contributed by atoms with van der Waals surface area (Å²) < 4.78 is 16.5. The van der Waals surface area contributed by atoms with Crippen molar-refractivity contribution in [1.82, 2.24) is 9.80 Å². The first kappa shape index (κ1) is 18.3. The monoisotopic (exact) mass is 372 g/mol. The van der Waals surface area contributed by atoms with Crippen molar-refractivity contribution in [3.63, 3.8) is 0 Å². The molecule has 0 saturated carbocycles. The number of amides is 1. The third kappa shape index (κ3) is 3.82. The number of nitrogens with zero attached hydrogens (tertiary/aromatic N) is 2. The van der Waals surface area contributed by atoms with Crippen molar-refractivity contribution in [1.29, 1.82) is 0 Å². The van der Waals surface area contributed by atoms with Crippen molar-refractivity contribution >= 4 is 12.0 Å². The number of hydrogen-bond donors (Lipinski definition) is 0. The number of fused-ring (bicyclic) bond motifs is 5. The molecule has 3 fully saturated rings. The molecule has 1 amide bonds. The number of benzene rings is 1. The number of hydrogen-bond acceptors (Lipinski definition) is 5. The molecular weight excluding hydrogens is 344 g/mol. The molecule has 4 heterocycles. The molecule has 0 aliphatic carbocycles. The first-order valence-electron chi connectivity index (χ1n) is 9.70. The predicted molar refractivity (Wildman–Crippen MR) is 103 cm³/mol. The van der Waals surface area contributed by atoms with Gasteiger partial charge in [-0.3, -0.25) is 9.69 Å². The van der Waals surface area contributed by atoms with Crippen molar-refractivity contribution in [2.45, 2.75) is 18.9 Å². The van der Waals surface area contributed by atoms with E-state index in [-0.39, 0.29) is 5.92 Å². The maximum absolute atomic E-state index is 12.8. The quantitative estimate of drug-likeness (QED) is 0.765. The van der Waals surface area contributed by atoms with E-state index in [1.807, 2.05) is 23.1 Å². The molecular formula is C21H28N2O4. The van der Waals surface area contributed by atoms with E-state index in [4.69, 9.17) is 14.2 Å². The van der Waals surface area contributed by atoms with Crippen molar-refractivity contribution < 1.29 is 19.0 Å². The molecule has 1 aromatic rings. The van der Waals surface area contributed by atoms with Gasteiger partial charge in [-0.05, 0) is 42.7 Å². The zero-order valence-corrected chi connectivity index (χ0v) is 16.1. The average Bonchev–Trinajstić information content (AvgIpc) is 2.96. The third-order valence-electron chi connectivity index (χ3n) is 5.82. The number of rotatable bonds is 6. The van der Waals surface area contributed by atoms with Gasteiger partial charge in [0.2, 0.25) is 5.91 Å². The molecule has 0 unspecified atom stereocenters. The number of carbonyl (C=O) groups excluding carboxylic acids is 1. The third-order valence-corrected chi connectivity index (χ3v) is 5.82. The Morgan fingerprint density at radius 2 is 2.11 bits per heavy atom. The molecule has 0 N–H and O–H groups in total. The largest absolute Gasteiger partial charge is 0.497 e. The summed E-state index contributed by atoms with van der Waals surface area (Å²) in [7, 11) is 3.37. The second-order valence-corrected chi connectivity index (χ2v) is 7.64. The van der Waals surface area contributed by atoms with Crippen LogP contribution in [0.4, 0.5) is 0 Å². The highest BCUT2D eigenvalue weighted by atomic mass is 16.5. The average molecular weight is 372 g/mol. The topological polar surface area (TPSA) is 51.2 Å². The Labute approximate surface area is 160 Å². The fourth-order valence-corrected chi connectivity index (χ4v) is 4.45. The molecule has 27 heavy (non-hydrogen) atoms. The Kier molecular flexibility index (Phi) is 5.36. The Bertz CT molecular complexity index is 733. The Morgan fingerprint density at radius 3 is 2.93 bits per heavy atom. The smallest absolute Gasteiger partial charge is 0.227 e. The van der Waals surface area contributed by atoms with Crippen LogP contribution < -0.4 is 9.47 Å². The van der Waals surface area contributed by atoms with Gasteiger partial charge in [-0.1, -0.05) is 0 Å². The van der Waals surface area contributed by atoms with E-state index in [2.05, 4.69) is 11.0 Å². The molecule has 1 aromatic carbocycles. The van der Waals surface area contributed by atoms with Gasteiger partial charge in [0.15, 0.2) is 0 Å². The summed E-state index contributed by atoms with van der Waals surface area (Å²) in [4.78, 5) is 17.2. The van der Waals surface area contributed by atoms with E-state index >= 15 is 0 Å². The molecule has 0 aromatic heterocycles. The van der Waals surface area contributed by atoms with Crippen LogP contribution in [0.1, 0.15) is 18.4 Å². The van der Waals surface area contributed by atoms with E-state index in [0.29, 0.717) is 31.7 Å². The first-order valence-corrected chi connectivity index (χ1v) is 9.70. The number of piperidine rings is 1. The van der Waals surface area contributed by atoms with Crippen LogP contribution in [-0.2, 0) is 9.53 Å². The molecule has 6 heteroatoms. The minimum absolute atomic E-state index is 0.109. The predicted octanol–water partition coefficient (Wildman–Crippen LogP) is 2.04. The maximum Gasteiger partial charge on any atom is 0.227 e. The Morgan fingerprint density at radius 1 is 1.22 bits per heavy atom. The highest BCUT2D eigenvalue weighted by Crippen LogP contribution is 2.32. The van der Waals surface area contributed by atoms with Crippen LogP contribution in [0.25, 0.3) is 6.08 Å². The molecule has 5 rings (SSSR count). The van der Waals surface area contributed by atoms with Crippen molar-refractivity contribution in [2.75, 3.05) is 53.6 Å². The summed E-state index contributed by atoms with van der Waals surface area (Å²) in [6.45, 7) is 4.51. The van der Waals surface area contributed by atoms with Gasteiger partial charge in [-0.25, -0.2) is 0 Å². The fourth-order valence-electron chi connectivity index (χ4n) is 4.45. The van der Waals surface area contributed by atoms with Crippen molar-refractivity contribution in [3.05, 3.63) is 29.3 Å². The summed E-state index contributed by atoms with van der Waals surface area (Å²) >= 11 is 0. The minimum Gasteiger partial charge on any atom is -0.497 e. The van der Waals surface area contributed by atoms with Gasteiger partial charge in [0, 0.05) is 44.9 Å². The summed E-state index contributed by atoms with van der Waals surface area (Å²) in [6.07, 6.45) is 4.30. The van der Waals surface area contributed by atoms with Gasteiger partial charge < -0.3 is 19.1 Å². The Hall–Kier alpha value is -2.05. The lowest BCUT2D eigenvalue weighted by Crippen LogP contribution is -2.49. The number of methoxy groups -OCH3 is 2. The highest BCUT2D eigenvalue weighted by molar-refractivity contribution is 5.80. The molecule has 146 valence electrons. The SMILES string of the molecule is COCCN1C(=O)[C@@H]2CC[C@H]1CN(CC1=Cc3cc(OC)ccc3OC1)C2. The summed E-state index contributed by atoms with van der Waals surface area (Å²) in [5.74, 6) is 2.14. The maximum atomic E-state index is 12.8. The van der Waals surface area contributed by atoms with Crippen LogP contribution in [0, 0.1) is 5.92 Å². The molecule has 3 saturated heterocycles. The summed E-state index contributed by atoms with van der Waals surface area (Å²) in [6, 6.07) is 6.19. The van der Waals surface area contributed by atoms with Crippen molar-refractivity contribution in [3.8, 4) is 11.5 Å². The van der Waals surface area contributed by atoms with Gasteiger partial charge in [0.25, 0.3) is 0 Å². The van der Waals surface area contributed by atoms with Gasteiger partial charge >= 0.3 is 0 Å². The lowest BCUT2D eigenvalue weighted by Gasteiger charge is -2.36. The van der Waals surface area contributed by atoms with E-state index in [1.54, 1.807) is 14.2 Å². The van der Waals surface area contributed by atoms with Gasteiger partial charge in [-0.2, -0.15) is 0 Å². The lowest BCUT2D eigenvalue weighted by molar-refractivity contribution is -0.140. The van der Waals surface area contributed by atoms with Crippen LogP contribution in [0.2, 0.25) is 0 Å². The van der Waals surface area contributed by atoms with Crippen LogP contribution in [0.3, 0.4) is 0 Å². The molecule has 4 aliphatic rings. The second kappa shape index (κ2) is 7.90. The minimum atomic E-state index is 0.109. The first-order chi connectivity index (χ1) is 13.2. The number of ether oxygens (including phenoxy) is 3.